The van der Waals surface area contributed by atoms with E-state index in [-0.39, 0.29) is 5.91 Å². The summed E-state index contributed by atoms with van der Waals surface area (Å²) < 4.78 is 3.30. The van der Waals surface area contributed by atoms with Crippen LogP contribution in [-0.4, -0.2) is 25.5 Å². The highest BCUT2D eigenvalue weighted by molar-refractivity contribution is 6.33. The molecule has 2 aromatic rings. The van der Waals surface area contributed by atoms with Crippen molar-refractivity contribution >= 4 is 17.5 Å². The van der Waals surface area contributed by atoms with Gasteiger partial charge in [0.25, 0.3) is 5.91 Å². The highest BCUT2D eigenvalue weighted by Crippen LogP contribution is 2.15. The highest BCUT2D eigenvalue weighted by atomic mass is 35.5. The number of nitrogens with one attached hydrogen (secondary N) is 1. The molecule has 0 bridgehead atoms. The Bertz CT molecular complexity index is 601. The van der Waals surface area contributed by atoms with Gasteiger partial charge in [-0.05, 0) is 13.8 Å². The van der Waals surface area contributed by atoms with E-state index in [2.05, 4.69) is 15.5 Å². The maximum Gasteiger partial charge on any atom is 0.271 e. The summed E-state index contributed by atoms with van der Waals surface area (Å²) in [5.41, 5.74) is 2.28. The third-order valence-electron chi connectivity index (χ3n) is 2.86. The lowest BCUT2D eigenvalue weighted by atomic mass is 10.2. The number of hydrogen-bond donors (Lipinski definition) is 1. The van der Waals surface area contributed by atoms with Crippen LogP contribution in [0.5, 0.6) is 0 Å². The number of halogens is 1. The summed E-state index contributed by atoms with van der Waals surface area (Å²) in [7, 11) is 1.85. The van der Waals surface area contributed by atoms with Gasteiger partial charge in [0.05, 0.1) is 16.9 Å². The van der Waals surface area contributed by atoms with Crippen molar-refractivity contribution in [1.29, 1.82) is 0 Å². The Morgan fingerprint density at radius 2 is 2.26 bits per heavy atom. The molecule has 0 radical (unpaired) electrons. The third kappa shape index (κ3) is 2.78. The molecule has 1 N–H and O–H groups in total. The van der Waals surface area contributed by atoms with Crippen molar-refractivity contribution in [3.8, 4) is 0 Å². The summed E-state index contributed by atoms with van der Waals surface area (Å²) >= 11 is 5.98. The topological polar surface area (TPSA) is 64.7 Å². The Morgan fingerprint density at radius 1 is 1.53 bits per heavy atom. The Balaban J connectivity index is 2.09. The number of amides is 1. The number of aromatic nitrogens is 4. The van der Waals surface area contributed by atoms with E-state index in [0.717, 1.165) is 11.3 Å². The molecule has 0 spiro atoms. The largest absolute Gasteiger partial charge is 0.346 e. The zero-order chi connectivity index (χ0) is 14.0. The first-order chi connectivity index (χ1) is 9.02. The summed E-state index contributed by atoms with van der Waals surface area (Å²) in [5.74, 6) is -0.229. The van der Waals surface area contributed by atoms with Crippen molar-refractivity contribution < 1.29 is 4.79 Å². The lowest BCUT2D eigenvalue weighted by molar-refractivity contribution is 0.0940. The fourth-order valence-electron chi connectivity index (χ4n) is 1.91. The molecule has 102 valence electrons. The Morgan fingerprint density at radius 3 is 2.84 bits per heavy atom. The molecule has 0 atom stereocenters. The Labute approximate surface area is 116 Å². The van der Waals surface area contributed by atoms with Crippen LogP contribution in [0.25, 0.3) is 0 Å². The van der Waals surface area contributed by atoms with Crippen LogP contribution in [-0.2, 0) is 20.1 Å². The van der Waals surface area contributed by atoms with Gasteiger partial charge in [0.15, 0.2) is 0 Å². The average Bonchev–Trinajstić information content (AvgIpc) is 2.89. The first kappa shape index (κ1) is 13.6. The van der Waals surface area contributed by atoms with Crippen LogP contribution < -0.4 is 5.32 Å². The second-order valence-electron chi connectivity index (χ2n) is 4.25. The van der Waals surface area contributed by atoms with E-state index < -0.39 is 0 Å². The minimum Gasteiger partial charge on any atom is -0.346 e. The molecule has 0 fully saturated rings. The molecule has 0 aliphatic heterocycles. The molecule has 0 aliphatic rings. The highest BCUT2D eigenvalue weighted by Gasteiger charge is 2.16. The zero-order valence-corrected chi connectivity index (χ0v) is 11.9. The van der Waals surface area contributed by atoms with Crippen LogP contribution in [0.2, 0.25) is 5.02 Å². The van der Waals surface area contributed by atoms with Gasteiger partial charge in [-0.15, -0.1) is 0 Å². The first-order valence-electron chi connectivity index (χ1n) is 6.01. The number of aryl methyl sites for hydroxylation is 3. The maximum absolute atomic E-state index is 12.1. The van der Waals surface area contributed by atoms with Gasteiger partial charge in [0.2, 0.25) is 0 Å². The van der Waals surface area contributed by atoms with E-state index in [1.807, 2.05) is 27.1 Å². The van der Waals surface area contributed by atoms with Gasteiger partial charge in [-0.2, -0.15) is 10.2 Å². The van der Waals surface area contributed by atoms with E-state index in [9.17, 15) is 4.79 Å². The van der Waals surface area contributed by atoms with Crippen LogP contribution in [0.1, 0.15) is 28.7 Å². The van der Waals surface area contributed by atoms with Crippen molar-refractivity contribution in [2.75, 3.05) is 0 Å². The molecule has 2 aromatic heterocycles. The molecular weight excluding hydrogens is 266 g/mol. The van der Waals surface area contributed by atoms with Crippen molar-refractivity contribution in [2.45, 2.75) is 26.9 Å². The molecule has 0 saturated carbocycles. The molecule has 0 aromatic carbocycles. The summed E-state index contributed by atoms with van der Waals surface area (Å²) in [5, 5.41) is 11.5. The molecule has 2 rings (SSSR count). The molecule has 0 aliphatic carbocycles. The number of rotatable bonds is 4. The summed E-state index contributed by atoms with van der Waals surface area (Å²) in [6.45, 7) is 4.83. The first-order valence-corrected chi connectivity index (χ1v) is 6.39. The van der Waals surface area contributed by atoms with Crippen molar-refractivity contribution in [1.82, 2.24) is 24.9 Å². The Hall–Kier alpha value is -1.82. The molecular formula is C12H16ClN5O. The van der Waals surface area contributed by atoms with Crippen LogP contribution in [0, 0.1) is 6.92 Å². The fraction of sp³-hybridized carbons (Fsp3) is 0.417. The predicted molar refractivity (Wildman–Crippen MR) is 72.0 cm³/mol. The fourth-order valence-corrected chi connectivity index (χ4v) is 2.14. The number of carbonyl (C=O) groups excluding carboxylic acids is 1. The van der Waals surface area contributed by atoms with Gasteiger partial charge in [-0.25, -0.2) is 0 Å². The second-order valence-corrected chi connectivity index (χ2v) is 4.66. The van der Waals surface area contributed by atoms with Crippen LogP contribution >= 0.6 is 11.6 Å². The van der Waals surface area contributed by atoms with Gasteiger partial charge in [0.1, 0.15) is 5.69 Å². The van der Waals surface area contributed by atoms with Crippen LogP contribution in [0.15, 0.2) is 12.4 Å². The van der Waals surface area contributed by atoms with E-state index in [1.165, 1.54) is 6.20 Å². The second kappa shape index (κ2) is 5.44. The normalized spacial score (nSPS) is 10.7. The Kier molecular flexibility index (Phi) is 3.90. The van der Waals surface area contributed by atoms with Gasteiger partial charge >= 0.3 is 0 Å². The van der Waals surface area contributed by atoms with E-state index in [1.54, 1.807) is 9.36 Å². The van der Waals surface area contributed by atoms with Gasteiger partial charge in [0, 0.05) is 31.9 Å². The standard InChI is InChI=1S/C12H16ClN5O/c1-4-18-11(10(13)6-15-18)12(19)14-5-9-7-17(3)16-8(9)2/h6-7H,4-5H2,1-3H3,(H,14,19). The quantitative estimate of drug-likeness (QED) is 0.924. The van der Waals surface area contributed by atoms with Gasteiger partial charge in [-0.3, -0.25) is 14.2 Å². The molecule has 2 heterocycles. The molecule has 1 amide bonds. The number of carbonyl (C=O) groups is 1. The van der Waals surface area contributed by atoms with E-state index >= 15 is 0 Å². The monoisotopic (exact) mass is 281 g/mol. The van der Waals surface area contributed by atoms with E-state index in [0.29, 0.717) is 23.8 Å². The minimum atomic E-state index is -0.229. The summed E-state index contributed by atoms with van der Waals surface area (Å²) in [6.07, 6.45) is 3.36. The minimum absolute atomic E-state index is 0.229. The van der Waals surface area contributed by atoms with Crippen molar-refractivity contribution in [2.24, 2.45) is 7.05 Å². The average molecular weight is 282 g/mol. The maximum atomic E-state index is 12.1. The third-order valence-corrected chi connectivity index (χ3v) is 3.14. The molecule has 0 saturated heterocycles. The van der Waals surface area contributed by atoms with Crippen molar-refractivity contribution in [3.05, 3.63) is 34.4 Å². The van der Waals surface area contributed by atoms with Crippen LogP contribution in [0.3, 0.4) is 0 Å². The number of nitrogens with zero attached hydrogens (tertiary/aromatic N) is 4. The molecule has 6 nitrogen and oxygen atoms in total. The summed E-state index contributed by atoms with van der Waals surface area (Å²) in [6, 6.07) is 0. The SMILES string of the molecule is CCn1ncc(Cl)c1C(=O)NCc1cn(C)nc1C. The molecule has 0 unspecified atom stereocenters. The molecule has 7 heteroatoms. The summed E-state index contributed by atoms with van der Waals surface area (Å²) in [4.78, 5) is 12.1. The van der Waals surface area contributed by atoms with Gasteiger partial charge < -0.3 is 5.32 Å². The predicted octanol–water partition coefficient (Wildman–Crippen LogP) is 1.53. The van der Waals surface area contributed by atoms with Crippen LogP contribution in [0.4, 0.5) is 0 Å². The number of hydrogen-bond acceptors (Lipinski definition) is 3. The smallest absolute Gasteiger partial charge is 0.271 e. The van der Waals surface area contributed by atoms with Gasteiger partial charge in [-0.1, -0.05) is 11.6 Å². The lowest BCUT2D eigenvalue weighted by Gasteiger charge is -2.06. The van der Waals surface area contributed by atoms with Crippen molar-refractivity contribution in [3.63, 3.8) is 0 Å². The molecule has 19 heavy (non-hydrogen) atoms. The van der Waals surface area contributed by atoms with E-state index in [4.69, 9.17) is 11.6 Å². The zero-order valence-electron chi connectivity index (χ0n) is 11.1. The lowest BCUT2D eigenvalue weighted by Crippen LogP contribution is -2.26.